The number of rotatable bonds is 3. The van der Waals surface area contributed by atoms with Crippen molar-refractivity contribution >= 4 is 11.7 Å². The van der Waals surface area contributed by atoms with Gasteiger partial charge in [0.1, 0.15) is 0 Å². The average Bonchev–Trinajstić information content (AvgIpc) is 2.68. The van der Waals surface area contributed by atoms with E-state index in [1.165, 1.54) is 0 Å². The fraction of sp³-hybridized carbons (Fsp3) is 0.111. The number of nitrogens with zero attached hydrogens (tertiary/aromatic N) is 6. The van der Waals surface area contributed by atoms with Gasteiger partial charge in [0, 0.05) is 23.9 Å². The molecule has 0 aromatic carbocycles. The largest absolute Gasteiger partial charge is 0.297 e. The lowest BCUT2D eigenvalue weighted by Gasteiger charge is -1.93. The van der Waals surface area contributed by atoms with E-state index in [0.29, 0.717) is 6.54 Å². The highest BCUT2D eigenvalue weighted by Crippen LogP contribution is 2.05. The van der Waals surface area contributed by atoms with Crippen LogP contribution in [0.15, 0.2) is 36.0 Å². The Morgan fingerprint density at radius 1 is 1.53 bits per heavy atom. The molecule has 6 nitrogen and oxygen atoms in total. The summed E-state index contributed by atoms with van der Waals surface area (Å²) in [4.78, 5) is 10.8. The standard InChI is InChI=1S/C9H8N6/c10-14-13-3-1-2-8-6-12-9-7-11-4-5-15(8)9/h1-2,4-7H,3H2. The molecule has 0 aliphatic heterocycles. The number of aromatic nitrogens is 3. The summed E-state index contributed by atoms with van der Waals surface area (Å²) in [6.45, 7) is 0.342. The number of azide groups is 1. The van der Waals surface area contributed by atoms with E-state index in [-0.39, 0.29) is 0 Å². The zero-order valence-electron chi connectivity index (χ0n) is 7.85. The SMILES string of the molecule is [N-]=[N+]=NCC=Cc1cnc2cnccn12. The molecule has 0 atom stereocenters. The van der Waals surface area contributed by atoms with E-state index in [9.17, 15) is 0 Å². The van der Waals surface area contributed by atoms with Gasteiger partial charge in [-0.2, -0.15) is 0 Å². The maximum Gasteiger partial charge on any atom is 0.155 e. The molecular weight excluding hydrogens is 192 g/mol. The van der Waals surface area contributed by atoms with Crippen LogP contribution in [0.3, 0.4) is 0 Å². The third-order valence-corrected chi connectivity index (χ3v) is 1.88. The molecule has 74 valence electrons. The van der Waals surface area contributed by atoms with Crippen LogP contribution in [0, 0.1) is 0 Å². The van der Waals surface area contributed by atoms with E-state index in [1.54, 1.807) is 24.7 Å². The van der Waals surface area contributed by atoms with Crippen LogP contribution in [0.5, 0.6) is 0 Å². The van der Waals surface area contributed by atoms with Crippen molar-refractivity contribution in [2.75, 3.05) is 6.54 Å². The molecule has 0 unspecified atom stereocenters. The summed E-state index contributed by atoms with van der Waals surface area (Å²) in [6.07, 6.45) is 10.6. The summed E-state index contributed by atoms with van der Waals surface area (Å²) < 4.78 is 1.90. The van der Waals surface area contributed by atoms with E-state index in [2.05, 4.69) is 20.0 Å². The highest BCUT2D eigenvalue weighted by molar-refractivity contribution is 5.51. The van der Waals surface area contributed by atoms with E-state index < -0.39 is 0 Å². The summed E-state index contributed by atoms with van der Waals surface area (Å²) in [5, 5.41) is 3.40. The van der Waals surface area contributed by atoms with Gasteiger partial charge < -0.3 is 0 Å². The van der Waals surface area contributed by atoms with E-state index in [4.69, 9.17) is 5.53 Å². The first-order valence-corrected chi connectivity index (χ1v) is 4.36. The molecule has 0 bridgehead atoms. The molecule has 0 spiro atoms. The van der Waals surface area contributed by atoms with Gasteiger partial charge in [-0.3, -0.25) is 9.38 Å². The second kappa shape index (κ2) is 4.26. The molecule has 0 N–H and O–H groups in total. The molecular formula is C9H8N6. The Hall–Kier alpha value is -2.33. The van der Waals surface area contributed by atoms with Gasteiger partial charge in [0.05, 0.1) is 18.1 Å². The molecule has 0 saturated heterocycles. The van der Waals surface area contributed by atoms with Crippen LogP contribution in [0.4, 0.5) is 0 Å². The quantitative estimate of drug-likeness (QED) is 0.431. The van der Waals surface area contributed by atoms with Gasteiger partial charge in [-0.05, 0) is 11.6 Å². The van der Waals surface area contributed by atoms with Gasteiger partial charge in [0.2, 0.25) is 0 Å². The van der Waals surface area contributed by atoms with Gasteiger partial charge in [-0.15, -0.1) is 0 Å². The van der Waals surface area contributed by atoms with Crippen molar-refractivity contribution < 1.29 is 0 Å². The predicted octanol–water partition coefficient (Wildman–Crippen LogP) is 2.05. The summed E-state index contributed by atoms with van der Waals surface area (Å²) >= 11 is 0. The summed E-state index contributed by atoms with van der Waals surface area (Å²) in [6, 6.07) is 0. The topological polar surface area (TPSA) is 79.0 Å². The third-order valence-electron chi connectivity index (χ3n) is 1.88. The van der Waals surface area contributed by atoms with Gasteiger partial charge >= 0.3 is 0 Å². The molecule has 15 heavy (non-hydrogen) atoms. The Balaban J connectivity index is 2.28. The van der Waals surface area contributed by atoms with Crippen LogP contribution >= 0.6 is 0 Å². The van der Waals surface area contributed by atoms with Gasteiger partial charge in [0.15, 0.2) is 5.65 Å². The minimum atomic E-state index is 0.342. The lowest BCUT2D eigenvalue weighted by atomic mass is 10.4. The molecule has 0 saturated carbocycles. The molecule has 0 aliphatic rings. The fourth-order valence-corrected chi connectivity index (χ4v) is 1.24. The average molecular weight is 200 g/mol. The lowest BCUT2D eigenvalue weighted by molar-refractivity contribution is 1.11. The third kappa shape index (κ3) is 1.95. The van der Waals surface area contributed by atoms with E-state index in [1.807, 2.05) is 16.7 Å². The van der Waals surface area contributed by atoms with Gasteiger partial charge in [-0.25, -0.2) is 4.98 Å². The van der Waals surface area contributed by atoms with Crippen molar-refractivity contribution in [2.45, 2.75) is 0 Å². The highest BCUT2D eigenvalue weighted by Gasteiger charge is 1.97. The van der Waals surface area contributed by atoms with Crippen LogP contribution in [0.1, 0.15) is 5.69 Å². The number of imidazole rings is 1. The van der Waals surface area contributed by atoms with Crippen molar-refractivity contribution in [1.82, 2.24) is 14.4 Å². The Morgan fingerprint density at radius 2 is 2.47 bits per heavy atom. The van der Waals surface area contributed by atoms with Crippen molar-refractivity contribution in [3.8, 4) is 0 Å². The first-order chi connectivity index (χ1) is 7.42. The van der Waals surface area contributed by atoms with Gasteiger partial charge in [0.25, 0.3) is 0 Å². The molecule has 2 aromatic heterocycles. The molecule has 0 radical (unpaired) electrons. The zero-order valence-corrected chi connectivity index (χ0v) is 7.85. The maximum absolute atomic E-state index is 8.09. The van der Waals surface area contributed by atoms with E-state index >= 15 is 0 Å². The smallest absolute Gasteiger partial charge is 0.155 e. The lowest BCUT2D eigenvalue weighted by Crippen LogP contribution is -1.86. The first kappa shape index (κ1) is 9.23. The molecule has 2 heterocycles. The van der Waals surface area contributed by atoms with Gasteiger partial charge in [-0.1, -0.05) is 11.2 Å². The summed E-state index contributed by atoms with van der Waals surface area (Å²) in [7, 11) is 0. The van der Waals surface area contributed by atoms with Crippen molar-refractivity contribution in [3.05, 3.63) is 47.0 Å². The Labute approximate surface area is 85.5 Å². The molecule has 0 amide bonds. The second-order valence-corrected chi connectivity index (χ2v) is 2.80. The number of hydrogen-bond acceptors (Lipinski definition) is 3. The molecule has 6 heteroatoms. The molecule has 0 aliphatic carbocycles. The van der Waals surface area contributed by atoms with E-state index in [0.717, 1.165) is 11.3 Å². The summed E-state index contributed by atoms with van der Waals surface area (Å²) in [5.74, 6) is 0. The Morgan fingerprint density at radius 3 is 3.33 bits per heavy atom. The molecule has 2 rings (SSSR count). The zero-order chi connectivity index (χ0) is 10.5. The predicted molar refractivity (Wildman–Crippen MR) is 56.0 cm³/mol. The van der Waals surface area contributed by atoms with Crippen molar-refractivity contribution in [3.63, 3.8) is 0 Å². The monoisotopic (exact) mass is 200 g/mol. The molecule has 0 fully saturated rings. The van der Waals surface area contributed by atoms with Crippen LogP contribution < -0.4 is 0 Å². The Kier molecular flexibility index (Phi) is 2.62. The maximum atomic E-state index is 8.09. The van der Waals surface area contributed by atoms with Crippen LogP contribution in [-0.2, 0) is 0 Å². The van der Waals surface area contributed by atoms with Crippen LogP contribution in [0.25, 0.3) is 22.2 Å². The first-order valence-electron chi connectivity index (χ1n) is 4.36. The molecule has 2 aromatic rings. The normalized spacial score (nSPS) is 10.7. The van der Waals surface area contributed by atoms with Crippen LogP contribution in [-0.4, -0.2) is 20.9 Å². The van der Waals surface area contributed by atoms with Crippen molar-refractivity contribution in [2.24, 2.45) is 5.11 Å². The highest BCUT2D eigenvalue weighted by atomic mass is 15.1. The summed E-state index contributed by atoms with van der Waals surface area (Å²) in [5.41, 5.74) is 9.82. The second-order valence-electron chi connectivity index (χ2n) is 2.80. The fourth-order valence-electron chi connectivity index (χ4n) is 1.24. The minimum Gasteiger partial charge on any atom is -0.297 e. The number of fused-ring (bicyclic) bond motifs is 1. The minimum absolute atomic E-state index is 0.342. The van der Waals surface area contributed by atoms with Crippen molar-refractivity contribution in [1.29, 1.82) is 0 Å². The number of hydrogen-bond donors (Lipinski definition) is 0. The van der Waals surface area contributed by atoms with Crippen LogP contribution in [0.2, 0.25) is 0 Å². The Bertz CT molecular complexity index is 534.